The van der Waals surface area contributed by atoms with Crippen LogP contribution in [0.15, 0.2) is 22.7 Å². The van der Waals surface area contributed by atoms with Crippen molar-refractivity contribution in [2.75, 3.05) is 31.2 Å². The molecule has 1 N–H and O–H groups in total. The van der Waals surface area contributed by atoms with E-state index >= 15 is 0 Å². The molecule has 4 nitrogen and oxygen atoms in total. The van der Waals surface area contributed by atoms with Crippen molar-refractivity contribution >= 4 is 27.6 Å². The number of hydrogen-bond donors (Lipinski definition) is 1. The van der Waals surface area contributed by atoms with Crippen molar-refractivity contribution < 1.29 is 14.6 Å². The van der Waals surface area contributed by atoms with Crippen LogP contribution in [0.1, 0.15) is 18.4 Å². The number of morpholine rings is 1. The standard InChI is InChI=1S/C14H16BrNO3/c15-11-9-10(14(3-4-14)13(17)18)1-2-12(11)16-5-7-19-8-6-16/h1-2,9H,3-8H2,(H,17,18). The van der Waals surface area contributed by atoms with Crippen LogP contribution < -0.4 is 4.90 Å². The molecule has 1 aliphatic carbocycles. The van der Waals surface area contributed by atoms with Crippen LogP contribution in [0.2, 0.25) is 0 Å². The molecule has 0 bridgehead atoms. The normalized spacial score (nSPS) is 21.2. The number of carboxylic acid groups (broad SMARTS) is 1. The Morgan fingerprint density at radius 3 is 2.53 bits per heavy atom. The molecule has 1 aliphatic heterocycles. The largest absolute Gasteiger partial charge is 0.481 e. The van der Waals surface area contributed by atoms with E-state index < -0.39 is 11.4 Å². The van der Waals surface area contributed by atoms with E-state index in [1.165, 1.54) is 0 Å². The highest BCUT2D eigenvalue weighted by Crippen LogP contribution is 2.49. The van der Waals surface area contributed by atoms with Crippen LogP contribution in [0.5, 0.6) is 0 Å². The van der Waals surface area contributed by atoms with Crippen molar-refractivity contribution in [3.8, 4) is 0 Å². The number of carbonyl (C=O) groups is 1. The summed E-state index contributed by atoms with van der Waals surface area (Å²) in [5.41, 5.74) is 1.39. The van der Waals surface area contributed by atoms with Crippen LogP contribution in [0.4, 0.5) is 5.69 Å². The zero-order chi connectivity index (χ0) is 13.5. The van der Waals surface area contributed by atoms with Gasteiger partial charge in [-0.3, -0.25) is 4.79 Å². The average Bonchev–Trinajstić information content (AvgIpc) is 3.21. The molecule has 0 aromatic heterocycles. The number of hydrogen-bond acceptors (Lipinski definition) is 3. The van der Waals surface area contributed by atoms with Crippen LogP contribution in [-0.4, -0.2) is 37.4 Å². The van der Waals surface area contributed by atoms with Gasteiger partial charge in [-0.05, 0) is 46.5 Å². The minimum Gasteiger partial charge on any atom is -0.481 e. The predicted octanol–water partition coefficient (Wildman–Crippen LogP) is 2.40. The molecule has 102 valence electrons. The van der Waals surface area contributed by atoms with E-state index in [4.69, 9.17) is 4.74 Å². The number of benzene rings is 1. The lowest BCUT2D eigenvalue weighted by molar-refractivity contribution is -0.140. The molecule has 0 amide bonds. The Hall–Kier alpha value is -1.07. The summed E-state index contributed by atoms with van der Waals surface area (Å²) in [7, 11) is 0. The molecule has 2 aliphatic rings. The molecule has 1 heterocycles. The zero-order valence-electron chi connectivity index (χ0n) is 10.6. The molecule has 0 atom stereocenters. The van der Waals surface area contributed by atoms with Gasteiger partial charge in [0, 0.05) is 17.6 Å². The molecule has 0 radical (unpaired) electrons. The van der Waals surface area contributed by atoms with Crippen LogP contribution in [0.3, 0.4) is 0 Å². The van der Waals surface area contributed by atoms with Gasteiger partial charge in [-0.1, -0.05) is 6.07 Å². The Balaban J connectivity index is 1.88. The van der Waals surface area contributed by atoms with Crippen LogP contribution >= 0.6 is 15.9 Å². The summed E-state index contributed by atoms with van der Waals surface area (Å²) >= 11 is 3.58. The van der Waals surface area contributed by atoms with Gasteiger partial charge >= 0.3 is 5.97 Å². The molecular weight excluding hydrogens is 310 g/mol. The third kappa shape index (κ3) is 2.25. The van der Waals surface area contributed by atoms with E-state index in [1.807, 2.05) is 18.2 Å². The Morgan fingerprint density at radius 2 is 2.00 bits per heavy atom. The highest BCUT2D eigenvalue weighted by molar-refractivity contribution is 9.10. The molecule has 1 aromatic rings. The summed E-state index contributed by atoms with van der Waals surface area (Å²) in [6.45, 7) is 3.24. The van der Waals surface area contributed by atoms with Gasteiger partial charge in [-0.25, -0.2) is 0 Å². The fourth-order valence-corrected chi connectivity index (χ4v) is 3.25. The van der Waals surface area contributed by atoms with Gasteiger partial charge in [-0.2, -0.15) is 0 Å². The number of anilines is 1. The smallest absolute Gasteiger partial charge is 0.314 e. The molecule has 1 saturated carbocycles. The predicted molar refractivity (Wildman–Crippen MR) is 75.7 cm³/mol. The van der Waals surface area contributed by atoms with Gasteiger partial charge < -0.3 is 14.7 Å². The maximum absolute atomic E-state index is 11.3. The van der Waals surface area contributed by atoms with Crippen molar-refractivity contribution in [1.29, 1.82) is 0 Å². The average molecular weight is 326 g/mol. The minimum atomic E-state index is -0.710. The summed E-state index contributed by atoms with van der Waals surface area (Å²) in [6, 6.07) is 5.94. The third-order valence-electron chi connectivity index (χ3n) is 4.01. The van der Waals surface area contributed by atoms with Gasteiger partial charge in [0.15, 0.2) is 0 Å². The van der Waals surface area contributed by atoms with Gasteiger partial charge in [0.25, 0.3) is 0 Å². The highest BCUT2D eigenvalue weighted by Gasteiger charge is 2.51. The first-order chi connectivity index (χ1) is 9.13. The summed E-state index contributed by atoms with van der Waals surface area (Å²) in [6.07, 6.45) is 1.48. The van der Waals surface area contributed by atoms with Gasteiger partial charge in [0.1, 0.15) is 0 Å². The number of nitrogens with zero attached hydrogens (tertiary/aromatic N) is 1. The van der Waals surface area contributed by atoms with Crippen LogP contribution in [0.25, 0.3) is 0 Å². The second-order valence-corrected chi connectivity index (χ2v) is 6.01. The lowest BCUT2D eigenvalue weighted by Gasteiger charge is -2.30. The van der Waals surface area contributed by atoms with Gasteiger partial charge in [-0.15, -0.1) is 0 Å². The SMILES string of the molecule is O=C(O)C1(c2ccc(N3CCOCC3)c(Br)c2)CC1. The number of ether oxygens (including phenoxy) is 1. The summed E-state index contributed by atoms with van der Waals surface area (Å²) in [5.74, 6) is -0.710. The molecule has 2 fully saturated rings. The first-order valence-electron chi connectivity index (χ1n) is 6.50. The second-order valence-electron chi connectivity index (χ2n) is 5.15. The molecular formula is C14H16BrNO3. The fourth-order valence-electron chi connectivity index (χ4n) is 2.62. The maximum Gasteiger partial charge on any atom is 0.314 e. The summed E-state index contributed by atoms with van der Waals surface area (Å²) in [4.78, 5) is 13.6. The minimum absolute atomic E-state index is 0.633. The first-order valence-corrected chi connectivity index (χ1v) is 7.29. The molecule has 0 unspecified atom stereocenters. The van der Waals surface area contributed by atoms with E-state index in [0.29, 0.717) is 0 Å². The maximum atomic E-state index is 11.3. The van der Waals surface area contributed by atoms with E-state index in [9.17, 15) is 9.90 Å². The fraction of sp³-hybridized carbons (Fsp3) is 0.500. The molecule has 5 heteroatoms. The molecule has 0 spiro atoms. The Kier molecular flexibility index (Phi) is 3.27. The lowest BCUT2D eigenvalue weighted by atomic mass is 9.96. The quantitative estimate of drug-likeness (QED) is 0.927. The second kappa shape index (κ2) is 4.80. The summed E-state index contributed by atoms with van der Waals surface area (Å²) < 4.78 is 6.32. The molecule has 1 saturated heterocycles. The molecule has 3 rings (SSSR count). The van der Waals surface area contributed by atoms with Crippen molar-refractivity contribution in [2.45, 2.75) is 18.3 Å². The van der Waals surface area contributed by atoms with Crippen molar-refractivity contribution in [1.82, 2.24) is 0 Å². The van der Waals surface area contributed by atoms with Gasteiger partial charge in [0.2, 0.25) is 0 Å². The summed E-state index contributed by atoms with van der Waals surface area (Å²) in [5, 5.41) is 9.32. The zero-order valence-corrected chi connectivity index (χ0v) is 12.1. The van der Waals surface area contributed by atoms with Crippen molar-refractivity contribution in [3.05, 3.63) is 28.2 Å². The number of carboxylic acids is 1. The number of aliphatic carboxylic acids is 1. The van der Waals surface area contributed by atoms with Crippen LogP contribution in [-0.2, 0) is 14.9 Å². The monoisotopic (exact) mass is 325 g/mol. The molecule has 19 heavy (non-hydrogen) atoms. The van der Waals surface area contributed by atoms with E-state index in [0.717, 1.165) is 54.9 Å². The van der Waals surface area contributed by atoms with E-state index in [-0.39, 0.29) is 0 Å². The Labute approximate surface area is 120 Å². The van der Waals surface area contributed by atoms with E-state index in [2.05, 4.69) is 20.8 Å². The van der Waals surface area contributed by atoms with Gasteiger partial charge in [0.05, 0.1) is 24.3 Å². The highest BCUT2D eigenvalue weighted by atomic mass is 79.9. The van der Waals surface area contributed by atoms with E-state index in [1.54, 1.807) is 0 Å². The molecule has 1 aromatic carbocycles. The Morgan fingerprint density at radius 1 is 1.32 bits per heavy atom. The topological polar surface area (TPSA) is 49.8 Å². The van der Waals surface area contributed by atoms with Crippen LogP contribution in [0, 0.1) is 0 Å². The number of halogens is 1. The third-order valence-corrected chi connectivity index (χ3v) is 4.65. The lowest BCUT2D eigenvalue weighted by Crippen LogP contribution is -2.36. The van der Waals surface area contributed by atoms with Crippen molar-refractivity contribution in [2.24, 2.45) is 0 Å². The first kappa shape index (κ1) is 12.9. The number of rotatable bonds is 3. The Bertz CT molecular complexity index is 507. The van der Waals surface area contributed by atoms with Crippen molar-refractivity contribution in [3.63, 3.8) is 0 Å².